The van der Waals surface area contributed by atoms with E-state index in [1.54, 1.807) is 36.5 Å². The molecule has 36 heavy (non-hydrogen) atoms. The fraction of sp³-hybridized carbons (Fsp3) is 0.185. The second-order valence-corrected chi connectivity index (χ2v) is 10.1. The van der Waals surface area contributed by atoms with E-state index in [1.165, 1.54) is 4.68 Å². The predicted molar refractivity (Wildman–Crippen MR) is 147 cm³/mol. The largest absolute Gasteiger partial charge is 0.488 e. The lowest BCUT2D eigenvalue weighted by atomic mass is 10.1. The zero-order valence-corrected chi connectivity index (χ0v) is 22.8. The average Bonchev–Trinajstić information content (AvgIpc) is 2.87. The number of halogens is 2. The van der Waals surface area contributed by atoms with Gasteiger partial charge < -0.3 is 9.84 Å². The molecule has 4 aromatic rings. The molecule has 0 radical (unpaired) electrons. The Kier molecular flexibility index (Phi) is 8.01. The Morgan fingerprint density at radius 2 is 1.89 bits per heavy atom. The van der Waals surface area contributed by atoms with Crippen LogP contribution in [0.3, 0.4) is 0 Å². The van der Waals surface area contributed by atoms with Crippen LogP contribution in [0, 0.1) is 0 Å². The van der Waals surface area contributed by atoms with Crippen molar-refractivity contribution in [1.82, 2.24) is 9.66 Å². The summed E-state index contributed by atoms with van der Waals surface area (Å²) in [5, 5.41) is 14.0. The maximum Gasteiger partial charge on any atom is 0.335 e. The molecule has 0 saturated carbocycles. The molecule has 3 aromatic carbocycles. The molecule has 0 aliphatic carbocycles. The maximum atomic E-state index is 13.3. The van der Waals surface area contributed by atoms with Crippen molar-refractivity contribution in [3.63, 3.8) is 0 Å². The third kappa shape index (κ3) is 5.74. The number of fused-ring (bicyclic) bond motifs is 1. The summed E-state index contributed by atoms with van der Waals surface area (Å²) in [5.41, 5.74) is 2.28. The number of hydrogen-bond donors (Lipinski definition) is 1. The van der Waals surface area contributed by atoms with Crippen LogP contribution < -0.4 is 10.3 Å². The second kappa shape index (κ2) is 11.2. The van der Waals surface area contributed by atoms with Gasteiger partial charge in [-0.2, -0.15) is 9.78 Å². The zero-order chi connectivity index (χ0) is 25.8. The van der Waals surface area contributed by atoms with Crippen LogP contribution in [0.15, 0.2) is 79.5 Å². The van der Waals surface area contributed by atoms with Crippen LogP contribution in [0.2, 0.25) is 0 Å². The molecule has 0 unspecified atom stereocenters. The van der Waals surface area contributed by atoms with Crippen LogP contribution in [0.1, 0.15) is 53.5 Å². The Bertz CT molecular complexity index is 1510. The standard InChI is InChI=1S/C27H23Br2N3O4/c1-3-16(2)25-31-23-10-9-20(28)13-21(23)26(33)32(25)30-14-18-6-11-24(22(29)12-18)36-15-17-4-7-19(8-5-17)27(34)35/h4-14,16H,3,15H2,1-2H3,(H,34,35)/t16-/m0/s1. The highest BCUT2D eigenvalue weighted by Gasteiger charge is 2.15. The normalized spacial score (nSPS) is 12.2. The van der Waals surface area contributed by atoms with Crippen molar-refractivity contribution in [2.45, 2.75) is 32.8 Å². The van der Waals surface area contributed by atoms with Gasteiger partial charge >= 0.3 is 5.97 Å². The van der Waals surface area contributed by atoms with Gasteiger partial charge in [-0.3, -0.25) is 4.79 Å². The van der Waals surface area contributed by atoms with Gasteiger partial charge in [0.1, 0.15) is 18.2 Å². The number of carboxylic acids is 1. The molecule has 4 rings (SSSR count). The molecule has 184 valence electrons. The van der Waals surface area contributed by atoms with Crippen LogP contribution in [0.5, 0.6) is 5.75 Å². The Balaban J connectivity index is 1.58. The van der Waals surface area contributed by atoms with Gasteiger partial charge in [0.25, 0.3) is 5.56 Å². The lowest BCUT2D eigenvalue weighted by Crippen LogP contribution is -2.23. The molecule has 0 bridgehead atoms. The lowest BCUT2D eigenvalue weighted by molar-refractivity contribution is 0.0697. The third-order valence-electron chi connectivity index (χ3n) is 5.76. The highest BCUT2D eigenvalue weighted by atomic mass is 79.9. The molecule has 1 aromatic heterocycles. The van der Waals surface area contributed by atoms with Crippen LogP contribution in [0.4, 0.5) is 0 Å². The van der Waals surface area contributed by atoms with E-state index >= 15 is 0 Å². The van der Waals surface area contributed by atoms with E-state index in [9.17, 15) is 9.59 Å². The fourth-order valence-electron chi connectivity index (χ4n) is 3.52. The van der Waals surface area contributed by atoms with E-state index in [-0.39, 0.29) is 23.6 Å². The van der Waals surface area contributed by atoms with Gasteiger partial charge in [0.05, 0.1) is 27.2 Å². The van der Waals surface area contributed by atoms with Gasteiger partial charge in [0.15, 0.2) is 0 Å². The number of hydrogen-bond acceptors (Lipinski definition) is 5. The van der Waals surface area contributed by atoms with Gasteiger partial charge in [-0.05, 0) is 82.0 Å². The van der Waals surface area contributed by atoms with E-state index in [4.69, 9.17) is 14.8 Å². The van der Waals surface area contributed by atoms with Gasteiger partial charge in [-0.25, -0.2) is 9.78 Å². The second-order valence-electron chi connectivity index (χ2n) is 8.28. The summed E-state index contributed by atoms with van der Waals surface area (Å²) >= 11 is 6.96. The summed E-state index contributed by atoms with van der Waals surface area (Å²) in [6.07, 6.45) is 2.44. The number of aromatic carboxylic acids is 1. The number of ether oxygens (including phenoxy) is 1. The quantitative estimate of drug-likeness (QED) is 0.226. The molecule has 0 saturated heterocycles. The Hall–Kier alpha value is -3.30. The average molecular weight is 613 g/mol. The molecule has 9 heteroatoms. The number of aromatic nitrogens is 2. The summed E-state index contributed by atoms with van der Waals surface area (Å²) in [5.74, 6) is 0.328. The maximum absolute atomic E-state index is 13.3. The van der Waals surface area contributed by atoms with E-state index in [0.29, 0.717) is 22.5 Å². The minimum Gasteiger partial charge on any atom is -0.488 e. The highest BCUT2D eigenvalue weighted by Crippen LogP contribution is 2.27. The summed E-state index contributed by atoms with van der Waals surface area (Å²) in [7, 11) is 0. The number of carbonyl (C=O) groups is 1. The van der Waals surface area contributed by atoms with Crippen LogP contribution in [0.25, 0.3) is 10.9 Å². The van der Waals surface area contributed by atoms with Crippen LogP contribution in [-0.2, 0) is 6.61 Å². The van der Waals surface area contributed by atoms with Crippen molar-refractivity contribution in [2.24, 2.45) is 5.10 Å². The Labute approximate surface area is 224 Å². The first-order valence-electron chi connectivity index (χ1n) is 11.3. The van der Waals surface area contributed by atoms with Crippen molar-refractivity contribution in [2.75, 3.05) is 0 Å². The minimum absolute atomic E-state index is 0.0509. The number of benzene rings is 3. The first-order valence-corrected chi connectivity index (χ1v) is 12.9. The molecular formula is C27H23Br2N3O4. The smallest absolute Gasteiger partial charge is 0.335 e. The first-order chi connectivity index (χ1) is 17.3. The first kappa shape index (κ1) is 25.8. The van der Waals surface area contributed by atoms with Gasteiger partial charge in [-0.1, -0.05) is 41.9 Å². The van der Waals surface area contributed by atoms with Crippen molar-refractivity contribution >= 4 is 54.9 Å². The number of nitrogens with zero attached hydrogens (tertiary/aromatic N) is 3. The van der Waals surface area contributed by atoms with E-state index < -0.39 is 5.97 Å². The predicted octanol–water partition coefficient (Wildman–Crippen LogP) is 6.59. The van der Waals surface area contributed by atoms with Crippen LogP contribution in [-0.4, -0.2) is 27.0 Å². The van der Waals surface area contributed by atoms with Crippen molar-refractivity contribution in [3.05, 3.63) is 102 Å². The van der Waals surface area contributed by atoms with E-state index in [1.807, 2.05) is 44.2 Å². The van der Waals surface area contributed by atoms with Crippen LogP contribution >= 0.6 is 31.9 Å². The monoisotopic (exact) mass is 611 g/mol. The molecule has 0 aliphatic heterocycles. The minimum atomic E-state index is -0.964. The molecular weight excluding hydrogens is 590 g/mol. The topological polar surface area (TPSA) is 93.8 Å². The molecule has 1 N–H and O–H groups in total. The number of carboxylic acid groups (broad SMARTS) is 1. The molecule has 7 nitrogen and oxygen atoms in total. The molecule has 0 spiro atoms. The van der Waals surface area contributed by atoms with Crippen molar-refractivity contribution in [3.8, 4) is 5.75 Å². The fourth-order valence-corrected chi connectivity index (χ4v) is 4.39. The van der Waals surface area contributed by atoms with Crippen molar-refractivity contribution in [1.29, 1.82) is 0 Å². The molecule has 1 heterocycles. The van der Waals surface area contributed by atoms with Gasteiger partial charge in [-0.15, -0.1) is 0 Å². The SMILES string of the molecule is CC[C@H](C)c1nc2ccc(Br)cc2c(=O)n1N=Cc1ccc(OCc2ccc(C(=O)O)cc2)c(Br)c1. The van der Waals surface area contributed by atoms with E-state index in [0.717, 1.165) is 26.5 Å². The third-order valence-corrected chi connectivity index (χ3v) is 6.87. The molecule has 0 amide bonds. The zero-order valence-electron chi connectivity index (χ0n) is 19.6. The summed E-state index contributed by atoms with van der Waals surface area (Å²) in [6, 6.07) is 17.5. The molecule has 0 aliphatic rings. The number of rotatable bonds is 8. The van der Waals surface area contributed by atoms with E-state index in [2.05, 4.69) is 37.0 Å². The lowest BCUT2D eigenvalue weighted by Gasteiger charge is -2.14. The van der Waals surface area contributed by atoms with Gasteiger partial charge in [0.2, 0.25) is 0 Å². The molecule has 0 fully saturated rings. The summed E-state index contributed by atoms with van der Waals surface area (Å²) < 4.78 is 8.78. The Morgan fingerprint density at radius 1 is 1.14 bits per heavy atom. The molecule has 1 atom stereocenters. The highest BCUT2D eigenvalue weighted by molar-refractivity contribution is 9.10. The summed E-state index contributed by atoms with van der Waals surface area (Å²) in [6.45, 7) is 4.36. The summed E-state index contributed by atoms with van der Waals surface area (Å²) in [4.78, 5) is 29.0. The van der Waals surface area contributed by atoms with Crippen molar-refractivity contribution < 1.29 is 14.6 Å². The van der Waals surface area contributed by atoms with Gasteiger partial charge in [0, 0.05) is 10.4 Å². The Morgan fingerprint density at radius 3 is 2.56 bits per heavy atom.